The molecule has 2 heterocycles. The summed E-state index contributed by atoms with van der Waals surface area (Å²) in [7, 11) is -2.29. The van der Waals surface area contributed by atoms with Crippen LogP contribution in [0, 0.1) is 5.92 Å². The lowest BCUT2D eigenvalue weighted by Gasteiger charge is -2.26. The minimum absolute atomic E-state index is 0.0337. The molecular formula is C20H20ClN3O5S. The molecule has 1 N–H and O–H groups in total. The zero-order valence-electron chi connectivity index (χ0n) is 16.1. The molecule has 0 radical (unpaired) electrons. The number of hydrogen-bond acceptors (Lipinski definition) is 6. The van der Waals surface area contributed by atoms with Crippen LogP contribution < -0.4 is 4.72 Å². The van der Waals surface area contributed by atoms with E-state index in [1.54, 1.807) is 0 Å². The number of hydrogen-bond donors (Lipinski definition) is 1. The van der Waals surface area contributed by atoms with E-state index >= 15 is 0 Å². The van der Waals surface area contributed by atoms with E-state index in [2.05, 4.69) is 4.72 Å². The second-order valence-electron chi connectivity index (χ2n) is 7.14. The van der Waals surface area contributed by atoms with Gasteiger partial charge in [0.25, 0.3) is 5.91 Å². The number of nitrogens with zero attached hydrogens (tertiary/aromatic N) is 2. The van der Waals surface area contributed by atoms with Crippen LogP contribution in [0.15, 0.2) is 59.5 Å². The molecular weight excluding hydrogens is 430 g/mol. The van der Waals surface area contributed by atoms with E-state index in [4.69, 9.17) is 16.4 Å². The highest BCUT2D eigenvalue weighted by atomic mass is 35.5. The van der Waals surface area contributed by atoms with Gasteiger partial charge in [-0.1, -0.05) is 41.9 Å². The Bertz CT molecular complexity index is 1060. The van der Waals surface area contributed by atoms with Gasteiger partial charge in [0.15, 0.2) is 6.10 Å². The number of imide groups is 1. The van der Waals surface area contributed by atoms with E-state index in [-0.39, 0.29) is 23.9 Å². The van der Waals surface area contributed by atoms with Crippen LogP contribution in [0.1, 0.15) is 11.6 Å². The molecule has 2 aliphatic heterocycles. The average molecular weight is 450 g/mol. The van der Waals surface area contributed by atoms with Crippen molar-refractivity contribution in [3.63, 3.8) is 0 Å². The summed E-state index contributed by atoms with van der Waals surface area (Å²) in [4.78, 5) is 32.0. The van der Waals surface area contributed by atoms with Gasteiger partial charge in [0.2, 0.25) is 15.9 Å². The second-order valence-corrected chi connectivity index (χ2v) is 9.34. The zero-order valence-corrected chi connectivity index (χ0v) is 17.6. The van der Waals surface area contributed by atoms with Crippen molar-refractivity contribution >= 4 is 33.4 Å². The Morgan fingerprint density at radius 2 is 1.70 bits per heavy atom. The summed E-state index contributed by atoms with van der Waals surface area (Å²) >= 11 is 5.81. The summed E-state index contributed by atoms with van der Waals surface area (Å²) in [5, 5.41) is 1.97. The number of fused-ring (bicyclic) bond motifs is 1. The molecule has 3 atom stereocenters. The van der Waals surface area contributed by atoms with Gasteiger partial charge in [0, 0.05) is 25.2 Å². The van der Waals surface area contributed by atoms with Crippen LogP contribution in [0.5, 0.6) is 0 Å². The predicted molar refractivity (Wildman–Crippen MR) is 109 cm³/mol. The molecule has 0 unspecified atom stereocenters. The average Bonchev–Trinajstić information content (AvgIpc) is 3.20. The summed E-state index contributed by atoms with van der Waals surface area (Å²) in [5.41, 5.74) is 0.821. The van der Waals surface area contributed by atoms with Crippen LogP contribution in [-0.4, -0.2) is 56.4 Å². The predicted octanol–water partition coefficient (Wildman–Crippen LogP) is 1.59. The van der Waals surface area contributed by atoms with Crippen molar-refractivity contribution in [2.75, 3.05) is 20.1 Å². The lowest BCUT2D eigenvalue weighted by molar-refractivity contribution is -0.177. The molecule has 0 bridgehead atoms. The van der Waals surface area contributed by atoms with E-state index in [1.165, 1.54) is 36.4 Å². The first-order chi connectivity index (χ1) is 14.3. The van der Waals surface area contributed by atoms with Crippen molar-refractivity contribution in [3.05, 3.63) is 65.2 Å². The molecule has 2 aromatic carbocycles. The number of likely N-dealkylation sites (N-methyl/N-ethyl adjacent to an activating group) is 1. The van der Waals surface area contributed by atoms with Gasteiger partial charge in [-0.3, -0.25) is 19.3 Å². The highest BCUT2D eigenvalue weighted by Gasteiger charge is 2.58. The van der Waals surface area contributed by atoms with Crippen molar-refractivity contribution in [2.24, 2.45) is 5.92 Å². The van der Waals surface area contributed by atoms with Crippen LogP contribution in [-0.2, 0) is 24.4 Å². The molecule has 0 aromatic heterocycles. The summed E-state index contributed by atoms with van der Waals surface area (Å²) in [6.07, 6.45) is -0.902. The smallest absolute Gasteiger partial charge is 0.261 e. The number of benzene rings is 2. The van der Waals surface area contributed by atoms with Gasteiger partial charge < -0.3 is 0 Å². The van der Waals surface area contributed by atoms with Crippen molar-refractivity contribution in [1.82, 2.24) is 14.7 Å². The van der Waals surface area contributed by atoms with Gasteiger partial charge >= 0.3 is 0 Å². The Hall–Kier alpha value is -2.30. The quantitative estimate of drug-likeness (QED) is 0.673. The molecule has 0 spiro atoms. The molecule has 30 heavy (non-hydrogen) atoms. The highest BCUT2D eigenvalue weighted by molar-refractivity contribution is 7.89. The van der Waals surface area contributed by atoms with Gasteiger partial charge in [-0.15, -0.1) is 0 Å². The van der Waals surface area contributed by atoms with Gasteiger partial charge in [-0.2, -0.15) is 5.06 Å². The van der Waals surface area contributed by atoms with E-state index in [9.17, 15) is 18.0 Å². The number of nitrogens with one attached hydrogen (secondary N) is 1. The van der Waals surface area contributed by atoms with E-state index < -0.39 is 34.0 Å². The second kappa shape index (κ2) is 8.09. The fourth-order valence-corrected chi connectivity index (χ4v) is 4.96. The first kappa shape index (κ1) is 21.0. The molecule has 158 valence electrons. The van der Waals surface area contributed by atoms with Gasteiger partial charge in [-0.25, -0.2) is 13.1 Å². The molecule has 0 saturated carbocycles. The molecule has 0 aliphatic carbocycles. The lowest BCUT2D eigenvalue weighted by atomic mass is 9.91. The summed E-state index contributed by atoms with van der Waals surface area (Å²) < 4.78 is 27.5. The Kier molecular flexibility index (Phi) is 5.65. The molecule has 4 rings (SSSR count). The fraction of sp³-hybridized carbons (Fsp3) is 0.300. The number of hydroxylamine groups is 2. The molecule has 2 aliphatic rings. The van der Waals surface area contributed by atoms with Crippen LogP contribution in [0.4, 0.5) is 0 Å². The van der Waals surface area contributed by atoms with Gasteiger partial charge in [0.05, 0.1) is 16.9 Å². The molecule has 8 nitrogen and oxygen atoms in total. The van der Waals surface area contributed by atoms with Gasteiger partial charge in [-0.05, 0) is 29.8 Å². The molecule has 2 amide bonds. The first-order valence-corrected chi connectivity index (χ1v) is 11.2. The Morgan fingerprint density at radius 1 is 1.03 bits per heavy atom. The highest BCUT2D eigenvalue weighted by Crippen LogP contribution is 2.43. The number of carbonyl (C=O) groups is 2. The number of amides is 2. The van der Waals surface area contributed by atoms with Crippen molar-refractivity contribution in [3.8, 4) is 0 Å². The maximum atomic E-state index is 12.6. The van der Waals surface area contributed by atoms with Crippen LogP contribution >= 0.6 is 11.6 Å². The van der Waals surface area contributed by atoms with Crippen LogP contribution in [0.3, 0.4) is 0 Å². The lowest BCUT2D eigenvalue weighted by Crippen LogP contribution is -2.38. The monoisotopic (exact) mass is 449 g/mol. The zero-order chi connectivity index (χ0) is 21.5. The molecule has 2 saturated heterocycles. The SMILES string of the molecule is CN1C(=O)[C@@H]2[C@@H](ON(CCNS(=O)(=O)c3ccc(Cl)cc3)[C@H]2c2ccccc2)C1=O. The van der Waals surface area contributed by atoms with E-state index in [0.29, 0.717) is 5.02 Å². The van der Waals surface area contributed by atoms with Gasteiger partial charge in [0.1, 0.15) is 0 Å². The molecule has 2 aromatic rings. The maximum absolute atomic E-state index is 12.6. The third-order valence-corrected chi connectivity index (χ3v) is 7.03. The van der Waals surface area contributed by atoms with Crippen LogP contribution in [0.2, 0.25) is 5.02 Å². The minimum atomic E-state index is -3.73. The third-order valence-electron chi connectivity index (χ3n) is 5.30. The summed E-state index contributed by atoms with van der Waals surface area (Å²) in [5.74, 6) is -1.36. The maximum Gasteiger partial charge on any atom is 0.261 e. The first-order valence-electron chi connectivity index (χ1n) is 9.34. The molecule has 2 fully saturated rings. The van der Waals surface area contributed by atoms with E-state index in [0.717, 1.165) is 10.5 Å². The summed E-state index contributed by atoms with van der Waals surface area (Å²) in [6.45, 7) is 0.190. The van der Waals surface area contributed by atoms with Crippen LogP contribution in [0.25, 0.3) is 0 Å². The standard InChI is InChI=1S/C20H20ClN3O5S/c1-23-19(25)16-17(13-5-3-2-4-6-13)24(29-18(16)20(23)26)12-11-22-30(27,28)15-9-7-14(21)8-10-15/h2-10,16-18,22H,11-12H2,1H3/t16-,17-,18+/m0/s1. The third kappa shape index (κ3) is 3.75. The normalized spacial score (nSPS) is 24.5. The van der Waals surface area contributed by atoms with Crippen molar-refractivity contribution < 1.29 is 22.8 Å². The number of rotatable bonds is 6. The Balaban J connectivity index is 1.51. The molecule has 10 heteroatoms. The number of carbonyl (C=O) groups excluding carboxylic acids is 2. The Labute approximate surface area is 179 Å². The fourth-order valence-electron chi connectivity index (χ4n) is 3.81. The number of sulfonamides is 1. The minimum Gasteiger partial charge on any atom is -0.284 e. The van der Waals surface area contributed by atoms with Crippen molar-refractivity contribution in [1.29, 1.82) is 0 Å². The number of likely N-dealkylation sites (tertiary alicyclic amines) is 1. The van der Waals surface area contributed by atoms with Crippen molar-refractivity contribution in [2.45, 2.75) is 17.0 Å². The topological polar surface area (TPSA) is 96.0 Å². The van der Waals surface area contributed by atoms with E-state index in [1.807, 2.05) is 30.3 Å². The summed E-state index contributed by atoms with van der Waals surface area (Å²) in [6, 6.07) is 14.6. The largest absolute Gasteiger partial charge is 0.284 e. The Morgan fingerprint density at radius 3 is 2.37 bits per heavy atom. The number of halogens is 1.